The van der Waals surface area contributed by atoms with E-state index >= 15 is 0 Å². The van der Waals surface area contributed by atoms with Crippen molar-refractivity contribution in [3.63, 3.8) is 0 Å². The molecule has 0 saturated carbocycles. The lowest BCUT2D eigenvalue weighted by atomic mass is 10.2. The van der Waals surface area contributed by atoms with Crippen LogP contribution in [0.3, 0.4) is 0 Å². The topological polar surface area (TPSA) is 60.9 Å². The molecule has 1 rings (SSSR count). The van der Waals surface area contributed by atoms with Crippen LogP contribution in [0.15, 0.2) is 12.4 Å². The van der Waals surface area contributed by atoms with Gasteiger partial charge in [0, 0.05) is 29.3 Å². The summed E-state index contributed by atoms with van der Waals surface area (Å²) in [6.07, 6.45) is -0.0241. The molecule has 0 amide bonds. The molecular formula is C11H17F2N3OS. The third-order valence-electron chi connectivity index (χ3n) is 2.23. The Bertz CT molecular complexity index is 381. The van der Waals surface area contributed by atoms with Crippen molar-refractivity contribution in [3.05, 3.63) is 23.8 Å². The summed E-state index contributed by atoms with van der Waals surface area (Å²) in [6, 6.07) is -0.267. The van der Waals surface area contributed by atoms with Crippen molar-refractivity contribution in [2.24, 2.45) is 0 Å². The van der Waals surface area contributed by atoms with Crippen molar-refractivity contribution in [1.82, 2.24) is 14.7 Å². The van der Waals surface area contributed by atoms with Gasteiger partial charge in [-0.15, -0.1) is 4.72 Å². The zero-order chi connectivity index (χ0) is 13.9. The fourth-order valence-corrected chi connectivity index (χ4v) is 1.90. The number of nitrogens with one attached hydrogen (secondary N) is 1. The molecule has 18 heavy (non-hydrogen) atoms. The molecular weight excluding hydrogens is 260 g/mol. The van der Waals surface area contributed by atoms with Crippen molar-refractivity contribution >= 4 is 11.4 Å². The first-order valence-corrected chi connectivity index (χ1v) is 6.65. The van der Waals surface area contributed by atoms with Crippen LogP contribution in [0.2, 0.25) is 0 Å². The Labute approximate surface area is 109 Å². The van der Waals surface area contributed by atoms with E-state index < -0.39 is 28.4 Å². The lowest BCUT2D eigenvalue weighted by molar-refractivity contribution is 0.140. The van der Waals surface area contributed by atoms with Gasteiger partial charge in [-0.05, 0) is 27.7 Å². The molecule has 0 radical (unpaired) electrons. The molecule has 0 aliphatic heterocycles. The van der Waals surface area contributed by atoms with Gasteiger partial charge in [0.15, 0.2) is 5.82 Å². The Morgan fingerprint density at radius 3 is 2.17 bits per heavy atom. The normalized spacial score (nSPS) is 15.8. The van der Waals surface area contributed by atoms with Crippen molar-refractivity contribution in [2.45, 2.75) is 44.9 Å². The summed E-state index contributed by atoms with van der Waals surface area (Å²) in [7, 11) is 0. The van der Waals surface area contributed by atoms with Crippen LogP contribution in [0.5, 0.6) is 0 Å². The minimum absolute atomic E-state index is 0.267. The minimum atomic E-state index is -2.67. The molecule has 0 aromatic carbocycles. The highest BCUT2D eigenvalue weighted by atomic mass is 32.2. The number of halogens is 2. The first kappa shape index (κ1) is 15.3. The predicted molar refractivity (Wildman–Crippen MR) is 66.4 cm³/mol. The van der Waals surface area contributed by atoms with E-state index in [9.17, 15) is 13.3 Å². The Morgan fingerprint density at radius 2 is 1.78 bits per heavy atom. The van der Waals surface area contributed by atoms with Gasteiger partial charge in [-0.3, -0.25) is 0 Å². The Morgan fingerprint density at radius 1 is 1.28 bits per heavy atom. The largest absolute Gasteiger partial charge is 0.598 e. The average Bonchev–Trinajstić information content (AvgIpc) is 2.27. The van der Waals surface area contributed by atoms with E-state index in [1.54, 1.807) is 6.92 Å². The van der Waals surface area contributed by atoms with Crippen LogP contribution in [-0.4, -0.2) is 19.3 Å². The molecule has 1 aromatic rings. The maximum absolute atomic E-state index is 12.3. The van der Waals surface area contributed by atoms with Crippen LogP contribution in [0.25, 0.3) is 0 Å². The Balaban J connectivity index is 2.70. The number of aromatic nitrogens is 2. The number of hydrogen-bond donors (Lipinski definition) is 1. The number of alkyl halides is 2. The highest BCUT2D eigenvalue weighted by Crippen LogP contribution is 2.20. The molecule has 0 fully saturated rings. The van der Waals surface area contributed by atoms with E-state index in [0.29, 0.717) is 5.56 Å². The summed E-state index contributed by atoms with van der Waals surface area (Å²) >= 11 is -1.24. The Kier molecular flexibility index (Phi) is 5.01. The molecule has 7 heteroatoms. The summed E-state index contributed by atoms with van der Waals surface area (Å²) < 4.78 is 38.9. The van der Waals surface area contributed by atoms with Crippen LogP contribution < -0.4 is 4.72 Å². The fourth-order valence-electron chi connectivity index (χ4n) is 1.09. The van der Waals surface area contributed by atoms with Crippen LogP contribution >= 0.6 is 0 Å². The highest BCUT2D eigenvalue weighted by molar-refractivity contribution is 7.90. The van der Waals surface area contributed by atoms with Crippen LogP contribution in [0.1, 0.15) is 51.6 Å². The smallest absolute Gasteiger partial charge is 0.297 e. The zero-order valence-electron chi connectivity index (χ0n) is 10.8. The van der Waals surface area contributed by atoms with Crippen molar-refractivity contribution in [1.29, 1.82) is 0 Å². The Hall–Kier alpha value is -0.790. The standard InChI is InChI=1S/C11H17F2N3OS/c1-7(16-18(17)11(2,3)4)8-5-14-10(9(12)13)15-6-8/h5-7,9,16H,1-4H3/t7?,18-/m0/s1. The van der Waals surface area contributed by atoms with Crippen molar-refractivity contribution in [2.75, 3.05) is 0 Å². The molecule has 0 bridgehead atoms. The van der Waals surface area contributed by atoms with E-state index in [0.717, 1.165) is 0 Å². The maximum atomic E-state index is 12.3. The average molecular weight is 277 g/mol. The van der Waals surface area contributed by atoms with E-state index in [2.05, 4.69) is 14.7 Å². The monoisotopic (exact) mass is 277 g/mol. The van der Waals surface area contributed by atoms with E-state index in [1.165, 1.54) is 12.4 Å². The van der Waals surface area contributed by atoms with Crippen LogP contribution in [0.4, 0.5) is 8.78 Å². The molecule has 0 aliphatic carbocycles. The fraction of sp³-hybridized carbons (Fsp3) is 0.636. The second kappa shape index (κ2) is 5.90. The van der Waals surface area contributed by atoms with E-state index in [1.807, 2.05) is 20.8 Å². The summed E-state index contributed by atoms with van der Waals surface area (Å²) in [5.41, 5.74) is 0.622. The molecule has 1 N–H and O–H groups in total. The quantitative estimate of drug-likeness (QED) is 0.859. The third-order valence-corrected chi connectivity index (χ3v) is 3.91. The lowest BCUT2D eigenvalue weighted by Crippen LogP contribution is -2.40. The second-order valence-corrected chi connectivity index (χ2v) is 6.89. The number of rotatable bonds is 4. The molecule has 4 nitrogen and oxygen atoms in total. The van der Waals surface area contributed by atoms with E-state index in [4.69, 9.17) is 0 Å². The summed E-state index contributed by atoms with van der Waals surface area (Å²) in [5, 5.41) is 0. The molecule has 0 saturated heterocycles. The van der Waals surface area contributed by atoms with Crippen LogP contribution in [0, 0.1) is 0 Å². The highest BCUT2D eigenvalue weighted by Gasteiger charge is 2.28. The van der Waals surface area contributed by atoms with Gasteiger partial charge in [-0.2, -0.15) is 0 Å². The lowest BCUT2D eigenvalue weighted by Gasteiger charge is -2.26. The second-order valence-electron chi connectivity index (χ2n) is 4.90. The van der Waals surface area contributed by atoms with E-state index in [-0.39, 0.29) is 6.04 Å². The molecule has 1 aromatic heterocycles. The van der Waals surface area contributed by atoms with Gasteiger partial charge >= 0.3 is 0 Å². The van der Waals surface area contributed by atoms with Gasteiger partial charge in [-0.1, -0.05) is 0 Å². The molecule has 1 heterocycles. The third kappa shape index (κ3) is 4.15. The van der Waals surface area contributed by atoms with Crippen molar-refractivity contribution in [3.8, 4) is 0 Å². The number of nitrogens with zero attached hydrogens (tertiary/aromatic N) is 2. The van der Waals surface area contributed by atoms with Gasteiger partial charge in [0.25, 0.3) is 6.43 Å². The number of hydrogen-bond acceptors (Lipinski definition) is 4. The minimum Gasteiger partial charge on any atom is -0.598 e. The van der Waals surface area contributed by atoms with Gasteiger partial charge < -0.3 is 4.55 Å². The first-order valence-electron chi connectivity index (χ1n) is 5.50. The maximum Gasteiger partial charge on any atom is 0.297 e. The predicted octanol–water partition coefficient (Wildman–Crippen LogP) is 2.53. The van der Waals surface area contributed by atoms with Crippen LogP contribution in [-0.2, 0) is 11.4 Å². The molecule has 1 unspecified atom stereocenters. The first-order chi connectivity index (χ1) is 8.21. The van der Waals surface area contributed by atoms with Gasteiger partial charge in [0.2, 0.25) is 0 Å². The molecule has 102 valence electrons. The summed E-state index contributed by atoms with van der Waals surface area (Å²) in [4.78, 5) is 7.14. The SMILES string of the molecule is CC(N[S@@+]([O-])C(C)(C)C)c1cnc(C(F)F)nc1. The van der Waals surface area contributed by atoms with Gasteiger partial charge in [0.1, 0.15) is 4.75 Å². The van der Waals surface area contributed by atoms with Crippen molar-refractivity contribution < 1.29 is 13.3 Å². The van der Waals surface area contributed by atoms with Gasteiger partial charge in [0.05, 0.1) is 6.04 Å². The van der Waals surface area contributed by atoms with Gasteiger partial charge in [-0.25, -0.2) is 18.7 Å². The zero-order valence-corrected chi connectivity index (χ0v) is 11.6. The summed E-state index contributed by atoms with van der Waals surface area (Å²) in [6.45, 7) is 7.32. The molecule has 2 atom stereocenters. The summed E-state index contributed by atoms with van der Waals surface area (Å²) in [5.74, 6) is -0.497. The molecule has 0 aliphatic rings. The molecule has 0 spiro atoms.